The highest BCUT2D eigenvalue weighted by Crippen LogP contribution is 2.18. The van der Waals surface area contributed by atoms with Gasteiger partial charge >= 0.3 is 12.1 Å². The van der Waals surface area contributed by atoms with Crippen LogP contribution < -0.4 is 5.32 Å². The van der Waals surface area contributed by atoms with Crippen LogP contribution in [0.4, 0.5) is 13.2 Å². The normalized spacial score (nSPS) is 11.1. The summed E-state index contributed by atoms with van der Waals surface area (Å²) in [6, 6.07) is 0. The first-order valence-corrected chi connectivity index (χ1v) is 5.25. The van der Waals surface area contributed by atoms with Crippen molar-refractivity contribution in [3.63, 3.8) is 0 Å². The Hall–Kier alpha value is -1.27. The van der Waals surface area contributed by atoms with Crippen LogP contribution in [0.2, 0.25) is 0 Å². The summed E-state index contributed by atoms with van der Waals surface area (Å²) in [5.41, 5.74) is 0. The smallest absolute Gasteiger partial charge is 0.397 e. The molecule has 0 aliphatic carbocycles. The summed E-state index contributed by atoms with van der Waals surface area (Å²) in [5, 5.41) is 2.17. The van der Waals surface area contributed by atoms with Crippen molar-refractivity contribution in [3.8, 4) is 0 Å². The third-order valence-corrected chi connectivity index (χ3v) is 1.97. The van der Waals surface area contributed by atoms with Gasteiger partial charge < -0.3 is 10.1 Å². The van der Waals surface area contributed by atoms with E-state index in [4.69, 9.17) is 0 Å². The Morgan fingerprint density at radius 2 is 1.82 bits per heavy atom. The van der Waals surface area contributed by atoms with Gasteiger partial charge in [0.1, 0.15) is 6.42 Å². The molecule has 100 valence electrons. The molecule has 0 spiro atoms. The fourth-order valence-corrected chi connectivity index (χ4v) is 1.15. The fourth-order valence-electron chi connectivity index (χ4n) is 1.15. The number of hydrogen-bond acceptors (Lipinski definition) is 3. The Kier molecular flexibility index (Phi) is 7.32. The van der Waals surface area contributed by atoms with Crippen molar-refractivity contribution in [3.05, 3.63) is 0 Å². The SMILES string of the molecule is COC(=O)CCCCCNC(=O)CC(F)(F)F. The van der Waals surface area contributed by atoms with E-state index in [0.29, 0.717) is 19.3 Å². The number of carbonyl (C=O) groups excluding carboxylic acids is 2. The van der Waals surface area contributed by atoms with Crippen LogP contribution >= 0.6 is 0 Å². The van der Waals surface area contributed by atoms with Gasteiger partial charge in [0.15, 0.2) is 0 Å². The summed E-state index contributed by atoms with van der Waals surface area (Å²) >= 11 is 0. The minimum atomic E-state index is -4.46. The van der Waals surface area contributed by atoms with E-state index in [1.807, 2.05) is 0 Å². The molecule has 0 unspecified atom stereocenters. The fraction of sp³-hybridized carbons (Fsp3) is 0.800. The monoisotopic (exact) mass is 255 g/mol. The van der Waals surface area contributed by atoms with Gasteiger partial charge in [0.2, 0.25) is 5.91 Å². The van der Waals surface area contributed by atoms with Crippen molar-refractivity contribution in [2.24, 2.45) is 0 Å². The molecule has 0 aromatic carbocycles. The number of methoxy groups -OCH3 is 1. The molecule has 0 rings (SSSR count). The number of carbonyl (C=O) groups is 2. The summed E-state index contributed by atoms with van der Waals surface area (Å²) in [7, 11) is 1.29. The van der Waals surface area contributed by atoms with E-state index in [9.17, 15) is 22.8 Å². The lowest BCUT2D eigenvalue weighted by molar-refractivity contribution is -0.153. The first-order valence-electron chi connectivity index (χ1n) is 5.25. The number of alkyl halides is 3. The first kappa shape index (κ1) is 15.7. The van der Waals surface area contributed by atoms with Crippen molar-refractivity contribution < 1.29 is 27.5 Å². The van der Waals surface area contributed by atoms with Crippen LogP contribution in [0.3, 0.4) is 0 Å². The van der Waals surface area contributed by atoms with Crippen LogP contribution in [0.1, 0.15) is 32.1 Å². The zero-order chi connectivity index (χ0) is 13.3. The number of rotatable bonds is 7. The number of amides is 1. The van der Waals surface area contributed by atoms with Crippen LogP contribution in [0.25, 0.3) is 0 Å². The zero-order valence-corrected chi connectivity index (χ0v) is 9.60. The molecule has 4 nitrogen and oxygen atoms in total. The molecular weight excluding hydrogens is 239 g/mol. The van der Waals surface area contributed by atoms with Crippen molar-refractivity contribution in [1.82, 2.24) is 5.32 Å². The minimum Gasteiger partial charge on any atom is -0.469 e. The van der Waals surface area contributed by atoms with Gasteiger partial charge in [-0.3, -0.25) is 9.59 Å². The Morgan fingerprint density at radius 3 is 2.35 bits per heavy atom. The maximum atomic E-state index is 11.8. The van der Waals surface area contributed by atoms with Crippen LogP contribution in [0.5, 0.6) is 0 Å². The maximum Gasteiger partial charge on any atom is 0.397 e. The molecule has 17 heavy (non-hydrogen) atoms. The highest BCUT2D eigenvalue weighted by Gasteiger charge is 2.30. The lowest BCUT2D eigenvalue weighted by Crippen LogP contribution is -2.29. The molecule has 0 fully saturated rings. The third kappa shape index (κ3) is 11.0. The molecule has 0 bridgehead atoms. The molecule has 7 heteroatoms. The third-order valence-electron chi connectivity index (χ3n) is 1.97. The molecule has 0 saturated heterocycles. The number of ether oxygens (including phenoxy) is 1. The molecule has 0 aromatic heterocycles. The van der Waals surface area contributed by atoms with E-state index in [1.165, 1.54) is 7.11 Å². The summed E-state index contributed by atoms with van der Waals surface area (Å²) in [6.45, 7) is 0.191. The number of nitrogens with one attached hydrogen (secondary N) is 1. The average Bonchev–Trinajstić information content (AvgIpc) is 2.20. The standard InChI is InChI=1S/C10H16F3NO3/c1-17-9(16)5-3-2-4-6-14-8(15)7-10(11,12)13/h2-7H2,1H3,(H,14,15). The number of halogens is 3. The molecule has 0 aliphatic heterocycles. The minimum absolute atomic E-state index is 0.191. The number of esters is 1. The van der Waals surface area contributed by atoms with Crippen LogP contribution in [0, 0.1) is 0 Å². The number of hydrogen-bond donors (Lipinski definition) is 1. The van der Waals surface area contributed by atoms with Crippen molar-refractivity contribution in [1.29, 1.82) is 0 Å². The lowest BCUT2D eigenvalue weighted by atomic mass is 10.2. The second-order valence-electron chi connectivity index (χ2n) is 3.53. The van der Waals surface area contributed by atoms with E-state index in [1.54, 1.807) is 0 Å². The maximum absolute atomic E-state index is 11.8. The molecule has 0 saturated carbocycles. The van der Waals surface area contributed by atoms with Gasteiger partial charge in [-0.1, -0.05) is 6.42 Å². The topological polar surface area (TPSA) is 55.4 Å². The van der Waals surface area contributed by atoms with E-state index in [2.05, 4.69) is 10.1 Å². The predicted octanol–water partition coefficient (Wildman–Crippen LogP) is 1.79. The van der Waals surface area contributed by atoms with Crippen molar-refractivity contribution >= 4 is 11.9 Å². The van der Waals surface area contributed by atoms with Gasteiger partial charge in [-0.05, 0) is 12.8 Å². The molecule has 0 aromatic rings. The quantitative estimate of drug-likeness (QED) is 0.557. The molecule has 0 aliphatic rings. The molecule has 0 atom stereocenters. The van der Waals surface area contributed by atoms with Crippen molar-refractivity contribution in [2.45, 2.75) is 38.3 Å². The van der Waals surface area contributed by atoms with Gasteiger partial charge in [-0.15, -0.1) is 0 Å². The van der Waals surface area contributed by atoms with Crippen LogP contribution in [-0.4, -0.2) is 31.7 Å². The Labute approximate surface area is 97.5 Å². The summed E-state index contributed by atoms with van der Waals surface area (Å²) in [4.78, 5) is 21.4. The molecular formula is C10H16F3NO3. The van der Waals surface area contributed by atoms with Gasteiger partial charge in [-0.2, -0.15) is 13.2 Å². The summed E-state index contributed by atoms with van der Waals surface area (Å²) in [6.07, 6.45) is -3.83. The van der Waals surface area contributed by atoms with E-state index < -0.39 is 18.5 Å². The molecule has 1 N–H and O–H groups in total. The molecule has 1 amide bonds. The Bertz CT molecular complexity index is 254. The molecule has 0 radical (unpaired) electrons. The highest BCUT2D eigenvalue weighted by atomic mass is 19.4. The van der Waals surface area contributed by atoms with Crippen LogP contribution in [-0.2, 0) is 14.3 Å². The van der Waals surface area contributed by atoms with Gasteiger partial charge in [0.05, 0.1) is 7.11 Å². The Morgan fingerprint density at radius 1 is 1.18 bits per heavy atom. The van der Waals surface area contributed by atoms with Gasteiger partial charge in [0.25, 0.3) is 0 Å². The zero-order valence-electron chi connectivity index (χ0n) is 9.60. The Balaban J connectivity index is 3.40. The van der Waals surface area contributed by atoms with Crippen LogP contribution in [0.15, 0.2) is 0 Å². The largest absolute Gasteiger partial charge is 0.469 e. The second-order valence-corrected chi connectivity index (χ2v) is 3.53. The van der Waals surface area contributed by atoms with E-state index in [-0.39, 0.29) is 18.9 Å². The van der Waals surface area contributed by atoms with Gasteiger partial charge in [-0.25, -0.2) is 0 Å². The van der Waals surface area contributed by atoms with E-state index >= 15 is 0 Å². The predicted molar refractivity (Wildman–Crippen MR) is 54.2 cm³/mol. The lowest BCUT2D eigenvalue weighted by Gasteiger charge is -2.07. The summed E-state index contributed by atoms with van der Waals surface area (Å²) in [5.74, 6) is -1.34. The first-order chi connectivity index (χ1) is 7.85. The van der Waals surface area contributed by atoms with Crippen molar-refractivity contribution in [2.75, 3.05) is 13.7 Å². The number of unbranched alkanes of at least 4 members (excludes halogenated alkanes) is 2. The average molecular weight is 255 g/mol. The molecule has 0 heterocycles. The highest BCUT2D eigenvalue weighted by molar-refractivity contribution is 5.76. The second kappa shape index (κ2) is 7.92. The van der Waals surface area contributed by atoms with E-state index in [0.717, 1.165) is 0 Å². The summed E-state index contributed by atoms with van der Waals surface area (Å²) < 4.78 is 39.7. The van der Waals surface area contributed by atoms with Gasteiger partial charge in [0, 0.05) is 13.0 Å².